The quantitative estimate of drug-likeness (QED) is 0.907. The topological polar surface area (TPSA) is 35.2 Å². The van der Waals surface area contributed by atoms with E-state index in [-0.39, 0.29) is 5.41 Å². The van der Waals surface area contributed by atoms with Crippen LogP contribution < -0.4 is 5.73 Å². The summed E-state index contributed by atoms with van der Waals surface area (Å²) in [6.45, 7) is 3.87. The Kier molecular flexibility index (Phi) is 2.66. The lowest BCUT2D eigenvalue weighted by atomic mass is 9.59. The molecule has 2 heteroatoms. The number of benzene rings is 2. The Bertz CT molecular complexity index is 654. The summed E-state index contributed by atoms with van der Waals surface area (Å²) in [6, 6.07) is 14.0. The highest BCUT2D eigenvalue weighted by atomic mass is 16.5. The van der Waals surface area contributed by atoms with Crippen molar-refractivity contribution >= 4 is 10.8 Å². The van der Waals surface area contributed by atoms with Crippen LogP contribution in [0.15, 0.2) is 36.4 Å². The normalized spacial score (nSPS) is 27.9. The smallest absolute Gasteiger partial charge is 0.0588 e. The maximum Gasteiger partial charge on any atom is 0.0588 e. The van der Waals surface area contributed by atoms with Crippen LogP contribution in [0.1, 0.15) is 24.0 Å². The Hall–Kier alpha value is -1.38. The molecule has 2 fully saturated rings. The molecule has 20 heavy (non-hydrogen) atoms. The number of hydrogen-bond donors (Lipinski definition) is 1. The summed E-state index contributed by atoms with van der Waals surface area (Å²) in [5, 5.41) is 2.66. The molecule has 1 heterocycles. The zero-order chi connectivity index (χ0) is 13.7. The van der Waals surface area contributed by atoms with Gasteiger partial charge in [0.1, 0.15) is 0 Å². The Morgan fingerprint density at radius 1 is 1.05 bits per heavy atom. The second-order valence-corrected chi connectivity index (χ2v) is 6.64. The lowest BCUT2D eigenvalue weighted by Crippen LogP contribution is -2.58. The van der Waals surface area contributed by atoms with Gasteiger partial charge in [0.25, 0.3) is 0 Å². The van der Waals surface area contributed by atoms with Gasteiger partial charge in [-0.2, -0.15) is 0 Å². The molecule has 0 spiro atoms. The molecule has 1 aliphatic heterocycles. The SMILES string of the molecule is Cc1ccc2cc(C3(C4CC(N)C4)COC3)ccc2c1. The van der Waals surface area contributed by atoms with E-state index in [1.807, 2.05) is 0 Å². The second-order valence-electron chi connectivity index (χ2n) is 6.64. The van der Waals surface area contributed by atoms with Crippen molar-refractivity contribution in [3.05, 3.63) is 47.5 Å². The van der Waals surface area contributed by atoms with Gasteiger partial charge in [-0.1, -0.05) is 42.0 Å². The van der Waals surface area contributed by atoms with Gasteiger partial charge in [-0.3, -0.25) is 0 Å². The summed E-state index contributed by atoms with van der Waals surface area (Å²) in [4.78, 5) is 0. The molecule has 4 rings (SSSR count). The Morgan fingerprint density at radius 3 is 2.40 bits per heavy atom. The molecule has 1 saturated heterocycles. The van der Waals surface area contributed by atoms with Crippen molar-refractivity contribution in [2.75, 3.05) is 13.2 Å². The first kappa shape index (κ1) is 12.4. The Balaban J connectivity index is 1.75. The minimum atomic E-state index is 0.231. The number of ether oxygens (including phenoxy) is 1. The summed E-state index contributed by atoms with van der Waals surface area (Å²) < 4.78 is 5.58. The predicted molar refractivity (Wildman–Crippen MR) is 81.9 cm³/mol. The van der Waals surface area contributed by atoms with Gasteiger partial charge < -0.3 is 10.5 Å². The molecule has 2 aromatic rings. The summed E-state index contributed by atoms with van der Waals surface area (Å²) >= 11 is 0. The van der Waals surface area contributed by atoms with Crippen molar-refractivity contribution in [3.8, 4) is 0 Å². The molecule has 0 radical (unpaired) electrons. The molecule has 0 aromatic heterocycles. The van der Waals surface area contributed by atoms with E-state index < -0.39 is 0 Å². The first-order valence-corrected chi connectivity index (χ1v) is 7.52. The number of aryl methyl sites for hydroxylation is 1. The van der Waals surface area contributed by atoms with Gasteiger partial charge in [-0.05, 0) is 42.0 Å². The first-order valence-electron chi connectivity index (χ1n) is 7.52. The molecule has 2 N–H and O–H groups in total. The summed E-state index contributed by atoms with van der Waals surface area (Å²) in [6.07, 6.45) is 2.30. The van der Waals surface area contributed by atoms with Crippen LogP contribution in [0, 0.1) is 12.8 Å². The molecule has 1 aliphatic carbocycles. The highest BCUT2D eigenvalue weighted by Gasteiger charge is 2.51. The largest absolute Gasteiger partial charge is 0.379 e. The zero-order valence-electron chi connectivity index (χ0n) is 11.9. The van der Waals surface area contributed by atoms with E-state index in [9.17, 15) is 0 Å². The average Bonchev–Trinajstić information content (AvgIpc) is 2.35. The number of hydrogen-bond acceptors (Lipinski definition) is 2. The Morgan fingerprint density at radius 2 is 1.75 bits per heavy atom. The predicted octanol–water partition coefficient (Wildman–Crippen LogP) is 3.15. The minimum absolute atomic E-state index is 0.231. The second kappa shape index (κ2) is 4.31. The molecule has 0 atom stereocenters. The molecule has 0 amide bonds. The van der Waals surface area contributed by atoms with E-state index in [4.69, 9.17) is 10.5 Å². The Labute approximate surface area is 119 Å². The van der Waals surface area contributed by atoms with Crippen LogP contribution in [0.3, 0.4) is 0 Å². The van der Waals surface area contributed by atoms with Crippen LogP contribution in [-0.2, 0) is 10.2 Å². The molecule has 2 aliphatic rings. The van der Waals surface area contributed by atoms with Crippen molar-refractivity contribution in [2.45, 2.75) is 31.2 Å². The van der Waals surface area contributed by atoms with Crippen LogP contribution in [0.5, 0.6) is 0 Å². The van der Waals surface area contributed by atoms with E-state index in [1.54, 1.807) is 0 Å². The van der Waals surface area contributed by atoms with Gasteiger partial charge >= 0.3 is 0 Å². The van der Waals surface area contributed by atoms with E-state index in [2.05, 4.69) is 43.3 Å². The van der Waals surface area contributed by atoms with Crippen molar-refractivity contribution < 1.29 is 4.74 Å². The van der Waals surface area contributed by atoms with Gasteiger partial charge in [-0.15, -0.1) is 0 Å². The third kappa shape index (κ3) is 1.72. The molecule has 0 bridgehead atoms. The summed E-state index contributed by atoms with van der Waals surface area (Å²) in [5.74, 6) is 0.703. The monoisotopic (exact) mass is 267 g/mol. The summed E-state index contributed by atoms with van der Waals surface area (Å²) in [5.41, 5.74) is 8.98. The van der Waals surface area contributed by atoms with Gasteiger partial charge in [0.05, 0.1) is 13.2 Å². The van der Waals surface area contributed by atoms with Gasteiger partial charge in [0, 0.05) is 11.5 Å². The fourth-order valence-electron chi connectivity index (χ4n) is 3.75. The minimum Gasteiger partial charge on any atom is -0.379 e. The molecular weight excluding hydrogens is 246 g/mol. The highest BCUT2D eigenvalue weighted by Crippen LogP contribution is 2.48. The third-order valence-corrected chi connectivity index (χ3v) is 5.25. The van der Waals surface area contributed by atoms with Crippen LogP contribution in [0.4, 0.5) is 0 Å². The third-order valence-electron chi connectivity index (χ3n) is 5.25. The average molecular weight is 267 g/mol. The van der Waals surface area contributed by atoms with E-state index in [0.29, 0.717) is 12.0 Å². The molecule has 2 nitrogen and oxygen atoms in total. The summed E-state index contributed by atoms with van der Waals surface area (Å²) in [7, 11) is 0. The number of nitrogens with two attached hydrogens (primary N) is 1. The van der Waals surface area contributed by atoms with Crippen LogP contribution in [-0.4, -0.2) is 19.3 Å². The van der Waals surface area contributed by atoms with Gasteiger partial charge in [0.15, 0.2) is 0 Å². The standard InChI is InChI=1S/C18H21NO/c1-12-2-3-14-7-15(5-4-13(14)6-12)18(10-20-11-18)16-8-17(19)9-16/h2-7,16-17H,8-11,19H2,1H3. The van der Waals surface area contributed by atoms with Crippen molar-refractivity contribution in [1.82, 2.24) is 0 Å². The maximum atomic E-state index is 5.99. The fourth-order valence-corrected chi connectivity index (χ4v) is 3.75. The van der Waals surface area contributed by atoms with Gasteiger partial charge in [0.2, 0.25) is 0 Å². The van der Waals surface area contributed by atoms with Crippen molar-refractivity contribution in [1.29, 1.82) is 0 Å². The molecule has 2 aromatic carbocycles. The zero-order valence-corrected chi connectivity index (χ0v) is 11.9. The van der Waals surface area contributed by atoms with Crippen LogP contribution >= 0.6 is 0 Å². The lowest BCUT2D eigenvalue weighted by Gasteiger charge is -2.53. The highest BCUT2D eigenvalue weighted by molar-refractivity contribution is 5.84. The molecule has 104 valence electrons. The first-order chi connectivity index (χ1) is 9.67. The van der Waals surface area contributed by atoms with Gasteiger partial charge in [-0.25, -0.2) is 0 Å². The van der Waals surface area contributed by atoms with E-state index >= 15 is 0 Å². The molecular formula is C18H21NO. The molecule has 1 saturated carbocycles. The van der Waals surface area contributed by atoms with E-state index in [1.165, 1.54) is 21.9 Å². The van der Waals surface area contributed by atoms with Crippen LogP contribution in [0.2, 0.25) is 0 Å². The maximum absolute atomic E-state index is 5.99. The molecule has 0 unspecified atom stereocenters. The van der Waals surface area contributed by atoms with E-state index in [0.717, 1.165) is 26.1 Å². The van der Waals surface area contributed by atoms with Crippen LogP contribution in [0.25, 0.3) is 10.8 Å². The number of fused-ring (bicyclic) bond motifs is 1. The van der Waals surface area contributed by atoms with Crippen molar-refractivity contribution in [2.24, 2.45) is 11.7 Å². The number of rotatable bonds is 2. The fraction of sp³-hybridized carbons (Fsp3) is 0.444. The van der Waals surface area contributed by atoms with Crippen molar-refractivity contribution in [3.63, 3.8) is 0 Å². The lowest BCUT2D eigenvalue weighted by molar-refractivity contribution is -0.111.